The summed E-state index contributed by atoms with van der Waals surface area (Å²) in [5, 5.41) is 13.0. The van der Waals surface area contributed by atoms with Crippen LogP contribution in [-0.4, -0.2) is 73.9 Å². The quantitative estimate of drug-likeness (QED) is 0.730. The number of ether oxygens (including phenoxy) is 1. The normalized spacial score (nSPS) is 20.2. The predicted octanol–water partition coefficient (Wildman–Crippen LogP) is 2.36. The van der Waals surface area contributed by atoms with E-state index in [1.54, 1.807) is 0 Å². The molecular formula is C21H35N3O3. The Bertz CT molecular complexity index is 606. The molecule has 2 rings (SSSR count). The maximum Gasteiger partial charge on any atom is 0.317 e. The molecule has 1 aromatic rings. The molecule has 6 heteroatoms. The average molecular weight is 378 g/mol. The van der Waals surface area contributed by atoms with Crippen molar-refractivity contribution in [3.05, 3.63) is 29.8 Å². The van der Waals surface area contributed by atoms with E-state index in [2.05, 4.69) is 10.2 Å². The molecule has 2 amide bonds. The van der Waals surface area contributed by atoms with E-state index >= 15 is 0 Å². The van der Waals surface area contributed by atoms with E-state index in [1.165, 1.54) is 0 Å². The standard InChI is InChI=1S/C21H35N3O3/c1-17(2)27-19-9-6-5-8-18(19)10-12-22-20(26)24-13-7-11-21(15-24,16-25)14-23(3)4/h5-6,8-9,17,25H,7,10-16H2,1-4H3,(H,22,26)/t21-/m0/s1. The zero-order chi connectivity index (χ0) is 19.9. The number of benzene rings is 1. The summed E-state index contributed by atoms with van der Waals surface area (Å²) in [6, 6.07) is 7.92. The maximum absolute atomic E-state index is 12.6. The largest absolute Gasteiger partial charge is 0.491 e. The number of nitrogens with zero attached hydrogens (tertiary/aromatic N) is 2. The number of hydrogen-bond acceptors (Lipinski definition) is 4. The summed E-state index contributed by atoms with van der Waals surface area (Å²) in [4.78, 5) is 16.6. The lowest BCUT2D eigenvalue weighted by Crippen LogP contribution is -2.54. The van der Waals surface area contributed by atoms with Gasteiger partial charge in [-0.15, -0.1) is 0 Å². The third kappa shape index (κ3) is 6.40. The van der Waals surface area contributed by atoms with E-state index < -0.39 is 0 Å². The van der Waals surface area contributed by atoms with Crippen LogP contribution in [0.5, 0.6) is 5.75 Å². The maximum atomic E-state index is 12.6. The molecule has 0 radical (unpaired) electrons. The van der Waals surface area contributed by atoms with Crippen molar-refractivity contribution in [2.24, 2.45) is 5.41 Å². The first-order chi connectivity index (χ1) is 12.8. The Kier molecular flexibility index (Phi) is 7.92. The van der Waals surface area contributed by atoms with Gasteiger partial charge in [0.15, 0.2) is 0 Å². The molecule has 1 heterocycles. The van der Waals surface area contributed by atoms with Crippen LogP contribution >= 0.6 is 0 Å². The van der Waals surface area contributed by atoms with Crippen LogP contribution in [-0.2, 0) is 6.42 Å². The van der Waals surface area contributed by atoms with Crippen LogP contribution in [0.25, 0.3) is 0 Å². The van der Waals surface area contributed by atoms with E-state index in [4.69, 9.17) is 4.74 Å². The minimum absolute atomic E-state index is 0.0476. The van der Waals surface area contributed by atoms with Gasteiger partial charge in [-0.25, -0.2) is 4.79 Å². The molecule has 1 aliphatic rings. The molecule has 0 aliphatic carbocycles. The molecular weight excluding hydrogens is 342 g/mol. The molecule has 0 spiro atoms. The van der Waals surface area contributed by atoms with Crippen LogP contribution in [0, 0.1) is 5.41 Å². The Balaban J connectivity index is 1.89. The molecule has 0 bridgehead atoms. The van der Waals surface area contributed by atoms with Crippen molar-refractivity contribution in [1.82, 2.24) is 15.1 Å². The van der Waals surface area contributed by atoms with Gasteiger partial charge in [-0.3, -0.25) is 0 Å². The molecule has 6 nitrogen and oxygen atoms in total. The van der Waals surface area contributed by atoms with Gasteiger partial charge in [0.2, 0.25) is 0 Å². The molecule has 2 N–H and O–H groups in total. The van der Waals surface area contributed by atoms with E-state index in [9.17, 15) is 9.90 Å². The lowest BCUT2D eigenvalue weighted by molar-refractivity contribution is 0.0272. The Morgan fingerprint density at radius 1 is 1.37 bits per heavy atom. The van der Waals surface area contributed by atoms with Crippen LogP contribution in [0.15, 0.2) is 24.3 Å². The van der Waals surface area contributed by atoms with Crippen LogP contribution in [0.1, 0.15) is 32.3 Å². The SMILES string of the molecule is CC(C)Oc1ccccc1CCNC(=O)N1CCC[C@](CO)(CN(C)C)C1. The summed E-state index contributed by atoms with van der Waals surface area (Å²) >= 11 is 0. The molecule has 1 saturated heterocycles. The number of carbonyl (C=O) groups excluding carboxylic acids is 1. The van der Waals surface area contributed by atoms with E-state index in [-0.39, 0.29) is 24.2 Å². The zero-order valence-corrected chi connectivity index (χ0v) is 17.2. The molecule has 0 saturated carbocycles. The van der Waals surface area contributed by atoms with Crippen LogP contribution in [0.2, 0.25) is 0 Å². The summed E-state index contributed by atoms with van der Waals surface area (Å²) in [7, 11) is 4.01. The predicted molar refractivity (Wildman–Crippen MR) is 108 cm³/mol. The number of piperidine rings is 1. The molecule has 0 aromatic heterocycles. The van der Waals surface area contributed by atoms with E-state index in [0.29, 0.717) is 13.1 Å². The third-order valence-corrected chi connectivity index (χ3v) is 4.94. The molecule has 1 aromatic carbocycles. The van der Waals surface area contributed by atoms with Crippen molar-refractivity contribution in [2.75, 3.05) is 46.9 Å². The van der Waals surface area contributed by atoms with Gasteiger partial charge < -0.3 is 25.0 Å². The summed E-state index contributed by atoms with van der Waals surface area (Å²) in [5.74, 6) is 0.880. The van der Waals surface area contributed by atoms with Crippen molar-refractivity contribution in [2.45, 2.75) is 39.2 Å². The van der Waals surface area contributed by atoms with Crippen molar-refractivity contribution >= 4 is 6.03 Å². The lowest BCUT2D eigenvalue weighted by atomic mass is 9.80. The van der Waals surface area contributed by atoms with Gasteiger partial charge in [0.25, 0.3) is 0 Å². The zero-order valence-electron chi connectivity index (χ0n) is 17.2. The van der Waals surface area contributed by atoms with Gasteiger partial charge in [-0.05, 0) is 58.8 Å². The molecule has 0 unspecified atom stereocenters. The highest BCUT2D eigenvalue weighted by atomic mass is 16.5. The van der Waals surface area contributed by atoms with Gasteiger partial charge in [0, 0.05) is 31.6 Å². The molecule has 27 heavy (non-hydrogen) atoms. The van der Waals surface area contributed by atoms with Gasteiger partial charge in [0.1, 0.15) is 5.75 Å². The number of likely N-dealkylation sites (tertiary alicyclic amines) is 1. The highest BCUT2D eigenvalue weighted by Crippen LogP contribution is 2.30. The second kappa shape index (κ2) is 9.95. The van der Waals surface area contributed by atoms with Crippen LogP contribution in [0.3, 0.4) is 0 Å². The van der Waals surface area contributed by atoms with Gasteiger partial charge in [0.05, 0.1) is 12.7 Å². The van der Waals surface area contributed by atoms with Crippen molar-refractivity contribution in [3.8, 4) is 5.75 Å². The second-order valence-electron chi connectivity index (χ2n) is 8.18. The van der Waals surface area contributed by atoms with E-state index in [1.807, 2.05) is 57.1 Å². The number of para-hydroxylation sites is 1. The average Bonchev–Trinajstić information content (AvgIpc) is 2.62. The topological polar surface area (TPSA) is 65.0 Å². The Morgan fingerprint density at radius 3 is 2.78 bits per heavy atom. The van der Waals surface area contributed by atoms with E-state index in [0.717, 1.165) is 43.7 Å². The molecule has 1 atom stereocenters. The van der Waals surface area contributed by atoms with Crippen molar-refractivity contribution in [3.63, 3.8) is 0 Å². The summed E-state index contributed by atoms with van der Waals surface area (Å²) < 4.78 is 5.84. The number of urea groups is 1. The fourth-order valence-electron chi connectivity index (χ4n) is 3.86. The molecule has 1 aliphatic heterocycles. The minimum atomic E-state index is -0.225. The highest BCUT2D eigenvalue weighted by molar-refractivity contribution is 5.74. The monoisotopic (exact) mass is 377 g/mol. The van der Waals surface area contributed by atoms with Crippen molar-refractivity contribution < 1.29 is 14.6 Å². The van der Waals surface area contributed by atoms with Gasteiger partial charge in [-0.1, -0.05) is 18.2 Å². The summed E-state index contributed by atoms with van der Waals surface area (Å²) in [6.45, 7) is 6.82. The Hall–Kier alpha value is -1.79. The summed E-state index contributed by atoms with van der Waals surface area (Å²) in [5.41, 5.74) is 0.874. The number of nitrogens with one attached hydrogen (secondary N) is 1. The first kappa shape index (κ1) is 21.5. The van der Waals surface area contributed by atoms with Crippen LogP contribution < -0.4 is 10.1 Å². The summed E-state index contributed by atoms with van der Waals surface area (Å²) in [6.07, 6.45) is 2.72. The number of rotatable bonds is 8. The first-order valence-electron chi connectivity index (χ1n) is 9.88. The molecule has 1 fully saturated rings. The highest BCUT2D eigenvalue weighted by Gasteiger charge is 2.37. The Morgan fingerprint density at radius 2 is 2.11 bits per heavy atom. The molecule has 152 valence electrons. The number of hydrogen-bond donors (Lipinski definition) is 2. The number of aliphatic hydroxyl groups is 1. The number of amides is 2. The lowest BCUT2D eigenvalue weighted by Gasteiger charge is -2.43. The van der Waals surface area contributed by atoms with Gasteiger partial charge >= 0.3 is 6.03 Å². The second-order valence-corrected chi connectivity index (χ2v) is 8.18. The first-order valence-corrected chi connectivity index (χ1v) is 9.88. The van der Waals surface area contributed by atoms with Gasteiger partial charge in [-0.2, -0.15) is 0 Å². The Labute approximate surface area is 163 Å². The number of aliphatic hydroxyl groups excluding tert-OH is 1. The number of carbonyl (C=O) groups is 1. The fraction of sp³-hybridized carbons (Fsp3) is 0.667. The van der Waals surface area contributed by atoms with Crippen molar-refractivity contribution in [1.29, 1.82) is 0 Å². The third-order valence-electron chi connectivity index (χ3n) is 4.94. The smallest absolute Gasteiger partial charge is 0.317 e. The fourth-order valence-corrected chi connectivity index (χ4v) is 3.86. The minimum Gasteiger partial charge on any atom is -0.491 e. The van der Waals surface area contributed by atoms with Crippen LogP contribution in [0.4, 0.5) is 4.79 Å².